The Kier molecular flexibility index (Phi) is 29.9. The number of hydrogen-bond donors (Lipinski definition) is 0. The van der Waals surface area contributed by atoms with E-state index in [1.807, 2.05) is 12.1 Å². The molecule has 22 atom stereocenters. The molecule has 8 aromatic carbocycles. The molecule has 0 radical (unpaired) electrons. The Balaban J connectivity index is 0.0000000978. The highest BCUT2D eigenvalue weighted by Crippen LogP contribution is 2.68. The highest BCUT2D eigenvalue weighted by Gasteiger charge is 2.59. The molecular formula is C134H149N3O10. The van der Waals surface area contributed by atoms with Gasteiger partial charge in [0, 0.05) is 83.4 Å². The molecule has 3 heterocycles. The standard InChI is InChI=1S/C23H22O3.C23H26.C22H26O.C21H18.C16H21NO2.C15H19NO2.C14H17NO2/c24-23(25-13-17-12-15-9-10-16(17)11-15)26-14-22-20-7-3-1-5-18(20)19-6-2-4-8-21(19)22;1-2-7-20(8-3-1)21-13-10-18(11-14-21)6-4-5-9-22-16-19-12-15-23(22)17-19;1-2-6-20-15-18(9-10-19(20)5-1)16-23-12-4-3-7-21-13-17-8-11-22(21)14-17;1-2-6-15-14(5-1)20-16-7-3-4-8-17(16)21(15)19-13-10-9-12(11-13)18(19)20;1-10-11(2)16(19)17(15(10)18)7-3-4-13-8-12-5-6-14(13)9-12;1-9-10(2)15(18)16(14(9)17)6-5-13-8-11-3-4-12(13)7-11;1-8-9(2)14(17)15(13(8)16)7-12-6-10-3-4-11(12)5-10/h1-10,15-17,22H,11-14H2;1-3,7-8,10-15,19,22-23H,4-6,9,16-17H2;1-2,5-6,8-11,15,17,21-22H,3-4,7,12-14,16H2;1-10,12-13,18-21H,11H2;5-6,12-14H,3-4,7-9H2,1-2H3;3-4,11-13H,5-8H2,1-2H3;3-4,10-12H,5-7H2,1-2H3. The van der Waals surface area contributed by atoms with Gasteiger partial charge in [-0.15, -0.1) is 0 Å². The Labute approximate surface area is 871 Å². The smallest absolute Gasteiger partial charge is 0.434 e. The number of fused-ring (bicyclic) bond motifs is 18. The Hall–Kier alpha value is -11.9. The number of nitrogens with zero attached hydrogens (tertiary/aromatic N) is 3. The van der Waals surface area contributed by atoms with Crippen LogP contribution in [0.2, 0.25) is 0 Å². The van der Waals surface area contributed by atoms with Gasteiger partial charge in [0.1, 0.15) is 6.61 Å². The SMILES string of the molecule is C1=CC2CC1C1C3c4ccccc4C(c4ccccc43)C21.C1=CC2CC1CC2CCCCOCc1ccc2ccccc2c1.C1=CC2CC1CC2CCCCc1ccc(-c2ccccc2)cc1.CC1=C(C)C(=O)N(CC2CC3C=CC2C3)C1=O.CC1=C(C)C(=O)N(CCC2CC3C=CC2C3)C1=O.CC1=C(C)C(=O)N(CCCC2CC3C=CC2C3)C1=O.O=C(OCC1c2ccccc2-c2ccccc21)OCC1CC2C=CC1C2. The molecular weight excluding hydrogens is 1810 g/mol. The molecule has 0 spiro atoms. The second kappa shape index (κ2) is 44.1. The number of imide groups is 3. The van der Waals surface area contributed by atoms with Crippen LogP contribution in [0.4, 0.5) is 4.79 Å². The van der Waals surface area contributed by atoms with E-state index in [0.717, 1.165) is 128 Å². The monoisotopic (exact) mass is 1960 g/mol. The van der Waals surface area contributed by atoms with Crippen molar-refractivity contribution in [2.24, 2.45) is 130 Å². The second-order valence-electron chi connectivity index (χ2n) is 47.1. The van der Waals surface area contributed by atoms with E-state index in [2.05, 4.69) is 267 Å². The number of rotatable bonds is 26. The highest BCUT2D eigenvalue weighted by molar-refractivity contribution is 6.20. The van der Waals surface area contributed by atoms with E-state index >= 15 is 0 Å². The molecule has 0 aromatic heterocycles. The number of carbonyl (C=O) groups excluding carboxylic acids is 7. The van der Waals surface area contributed by atoms with Gasteiger partial charge in [-0.2, -0.15) is 0 Å². The lowest BCUT2D eigenvalue weighted by Crippen LogP contribution is -2.41. The Morgan fingerprint density at radius 1 is 0.293 bits per heavy atom. The summed E-state index contributed by atoms with van der Waals surface area (Å²) in [6.07, 6.45) is 62.2. The summed E-state index contributed by atoms with van der Waals surface area (Å²) in [7, 11) is 0. The fraction of sp³-hybridized carbons (Fsp3) is 0.455. The molecule has 21 aliphatic rings. The van der Waals surface area contributed by atoms with Gasteiger partial charge in [0.05, 0.1) is 13.2 Å². The van der Waals surface area contributed by atoms with Crippen LogP contribution in [-0.2, 0) is 56.0 Å². The molecule has 3 aliphatic heterocycles. The molecule has 18 aliphatic carbocycles. The maximum atomic E-state index is 12.1. The minimum Gasteiger partial charge on any atom is -0.434 e. The molecule has 147 heavy (non-hydrogen) atoms. The molecule has 22 unspecified atom stereocenters. The summed E-state index contributed by atoms with van der Waals surface area (Å²) in [6.45, 7) is 14.7. The first-order valence-electron chi connectivity index (χ1n) is 56.5. The zero-order chi connectivity index (χ0) is 101. The first kappa shape index (κ1) is 99.7. The summed E-state index contributed by atoms with van der Waals surface area (Å²) in [5, 5.41) is 2.61. The van der Waals surface area contributed by atoms with Crippen molar-refractivity contribution in [2.45, 2.75) is 214 Å². The molecule has 7 saturated carbocycles. The third-order valence-electron chi connectivity index (χ3n) is 38.7. The number of ether oxygens (including phenoxy) is 3. The number of unbranched alkanes of at least 4 members (excludes halogenated alkanes) is 2. The van der Waals surface area contributed by atoms with E-state index in [0.29, 0.717) is 125 Å². The van der Waals surface area contributed by atoms with Gasteiger partial charge in [-0.25, -0.2) is 4.79 Å². The highest BCUT2D eigenvalue weighted by atomic mass is 16.7. The fourth-order valence-corrected chi connectivity index (χ4v) is 30.5. The summed E-state index contributed by atoms with van der Waals surface area (Å²) < 4.78 is 16.8. The van der Waals surface area contributed by atoms with Gasteiger partial charge >= 0.3 is 6.16 Å². The maximum absolute atomic E-state index is 12.1. The molecule has 6 amide bonds. The molecule has 13 heteroatoms. The number of allylic oxidation sites excluding steroid dienone is 14. The summed E-state index contributed by atoms with van der Waals surface area (Å²) in [4.78, 5) is 88.0. The lowest BCUT2D eigenvalue weighted by molar-refractivity contribution is -0.139. The summed E-state index contributed by atoms with van der Waals surface area (Å²) in [6, 6.07) is 70.2. The van der Waals surface area contributed by atoms with Gasteiger partial charge in [0.25, 0.3) is 35.4 Å². The average Bonchev–Trinajstić information content (AvgIpc) is 1.59. The van der Waals surface area contributed by atoms with Crippen molar-refractivity contribution < 1.29 is 47.8 Å². The van der Waals surface area contributed by atoms with Crippen LogP contribution in [0.15, 0.2) is 313 Å². The fourth-order valence-electron chi connectivity index (χ4n) is 30.5. The molecule has 0 saturated heterocycles. The Morgan fingerprint density at radius 3 is 1.10 bits per heavy atom. The number of amides is 6. The number of benzene rings is 8. The minimum absolute atomic E-state index is 0.0837. The largest absolute Gasteiger partial charge is 0.508 e. The number of aryl methyl sites for hydroxylation is 1. The van der Waals surface area contributed by atoms with Crippen molar-refractivity contribution in [1.29, 1.82) is 0 Å². The third-order valence-corrected chi connectivity index (χ3v) is 38.7. The normalized spacial score (nSPS) is 30.7. The van der Waals surface area contributed by atoms with E-state index in [-0.39, 0.29) is 41.4 Å². The van der Waals surface area contributed by atoms with Gasteiger partial charge in [-0.3, -0.25) is 43.5 Å². The molecule has 29 rings (SSSR count). The van der Waals surface area contributed by atoms with Gasteiger partial charge in [0.15, 0.2) is 0 Å². The molecule has 13 nitrogen and oxygen atoms in total. The predicted molar refractivity (Wildman–Crippen MR) is 584 cm³/mol. The molecule has 8 aromatic rings. The zero-order valence-electron chi connectivity index (χ0n) is 87.1. The van der Waals surface area contributed by atoms with Gasteiger partial charge in [-0.1, -0.05) is 286 Å². The van der Waals surface area contributed by atoms with Crippen LogP contribution >= 0.6 is 0 Å². The quantitative estimate of drug-likeness (QED) is 0.0221. The number of hydrogen-bond acceptors (Lipinski definition) is 10. The maximum Gasteiger partial charge on any atom is 0.508 e. The zero-order valence-corrected chi connectivity index (χ0v) is 87.1. The lowest BCUT2D eigenvalue weighted by atomic mass is 9.52. The van der Waals surface area contributed by atoms with Crippen molar-refractivity contribution >= 4 is 52.4 Å². The van der Waals surface area contributed by atoms with Crippen LogP contribution in [0, 0.1) is 130 Å². The predicted octanol–water partition coefficient (Wildman–Crippen LogP) is 28.8. The van der Waals surface area contributed by atoms with Crippen molar-refractivity contribution in [3.8, 4) is 22.3 Å². The van der Waals surface area contributed by atoms with Gasteiger partial charge < -0.3 is 14.2 Å². The van der Waals surface area contributed by atoms with Crippen LogP contribution in [0.1, 0.15) is 245 Å². The number of carbonyl (C=O) groups is 7. The van der Waals surface area contributed by atoms with E-state index in [1.54, 1.807) is 63.8 Å². The van der Waals surface area contributed by atoms with E-state index in [4.69, 9.17) is 14.2 Å². The van der Waals surface area contributed by atoms with Crippen molar-refractivity contribution in [3.63, 3.8) is 0 Å². The second-order valence-corrected chi connectivity index (χ2v) is 47.1. The van der Waals surface area contributed by atoms with E-state index < -0.39 is 6.16 Å². The summed E-state index contributed by atoms with van der Waals surface area (Å²) in [5.74, 6) is 17.8. The first-order chi connectivity index (χ1) is 71.7. The van der Waals surface area contributed by atoms with Gasteiger partial charge in [0.2, 0.25) is 0 Å². The van der Waals surface area contributed by atoms with Gasteiger partial charge in [-0.05, 0) is 384 Å². The summed E-state index contributed by atoms with van der Waals surface area (Å²) in [5.41, 5.74) is 20.5. The third kappa shape index (κ3) is 21.0. The van der Waals surface area contributed by atoms with Crippen molar-refractivity contribution in [1.82, 2.24) is 14.7 Å². The molecule has 760 valence electrons. The van der Waals surface area contributed by atoms with Crippen LogP contribution in [-0.4, -0.2) is 95.8 Å². The topological polar surface area (TPSA) is 157 Å². The average molecular weight is 1960 g/mol. The Morgan fingerprint density at radius 2 is 0.653 bits per heavy atom. The minimum atomic E-state index is -0.543. The van der Waals surface area contributed by atoms with Crippen LogP contribution < -0.4 is 0 Å². The first-order valence-corrected chi connectivity index (χ1v) is 56.5. The van der Waals surface area contributed by atoms with Crippen LogP contribution in [0.3, 0.4) is 0 Å². The molecule has 7 fully saturated rings. The van der Waals surface area contributed by atoms with E-state index in [1.165, 1.54) is 186 Å². The van der Waals surface area contributed by atoms with Crippen LogP contribution in [0.5, 0.6) is 0 Å². The lowest BCUT2D eigenvalue weighted by Gasteiger charge is -2.51. The van der Waals surface area contributed by atoms with Crippen molar-refractivity contribution in [3.05, 3.63) is 357 Å². The van der Waals surface area contributed by atoms with Crippen LogP contribution in [0.25, 0.3) is 33.0 Å². The van der Waals surface area contributed by atoms with Crippen molar-refractivity contribution in [2.75, 3.05) is 39.5 Å². The Bertz CT molecular complexity index is 6380. The van der Waals surface area contributed by atoms with E-state index in [9.17, 15) is 33.6 Å². The molecule has 16 bridgehead atoms. The molecule has 0 N–H and O–H groups in total. The summed E-state index contributed by atoms with van der Waals surface area (Å²) >= 11 is 0.